The Bertz CT molecular complexity index is 280. The molecule has 1 aromatic rings. The van der Waals surface area contributed by atoms with E-state index in [0.717, 1.165) is 11.5 Å². The first-order valence-electron chi connectivity index (χ1n) is 5.96. The number of rotatable bonds is 4. The van der Waals surface area contributed by atoms with Crippen LogP contribution in [0, 0.1) is 6.92 Å². The number of unbranched alkanes of at least 4 members (excludes halogenated alkanes) is 1. The van der Waals surface area contributed by atoms with Crippen LogP contribution in [0.5, 0.6) is 11.5 Å². The molecule has 0 bridgehead atoms. The van der Waals surface area contributed by atoms with Crippen LogP contribution in [0.2, 0.25) is 0 Å². The second-order valence-electron chi connectivity index (χ2n) is 3.59. The van der Waals surface area contributed by atoms with Crippen molar-refractivity contribution < 1.29 is 9.47 Å². The molecule has 0 saturated heterocycles. The normalized spacial score (nSPS) is 9.06. The molecule has 92 valence electrons. The minimum atomic E-state index is 0.666. The van der Waals surface area contributed by atoms with E-state index in [1.807, 2.05) is 32.0 Å². The van der Waals surface area contributed by atoms with Gasteiger partial charge in [0.25, 0.3) is 0 Å². The minimum Gasteiger partial charge on any atom is -0.493 e. The predicted molar refractivity (Wildman–Crippen MR) is 69.5 cm³/mol. The van der Waals surface area contributed by atoms with Crippen LogP contribution in [0.25, 0.3) is 0 Å². The lowest BCUT2D eigenvalue weighted by Gasteiger charge is -2.09. The van der Waals surface area contributed by atoms with Crippen LogP contribution in [0.15, 0.2) is 18.2 Å². The highest BCUT2D eigenvalue weighted by Gasteiger charge is 2.01. The summed E-state index contributed by atoms with van der Waals surface area (Å²) in [6, 6.07) is 5.89. The molecule has 0 fully saturated rings. The molecule has 0 amide bonds. The van der Waals surface area contributed by atoms with E-state index in [9.17, 15) is 0 Å². The second-order valence-corrected chi connectivity index (χ2v) is 3.59. The molecule has 0 N–H and O–H groups in total. The van der Waals surface area contributed by atoms with Gasteiger partial charge in [0.15, 0.2) is 11.5 Å². The zero-order chi connectivity index (χ0) is 12.4. The molecular formula is C14H24O2. The van der Waals surface area contributed by atoms with Gasteiger partial charge in [0.05, 0.1) is 13.7 Å². The Morgan fingerprint density at radius 3 is 2.06 bits per heavy atom. The fourth-order valence-corrected chi connectivity index (χ4v) is 1.05. The minimum absolute atomic E-state index is 0.666. The summed E-state index contributed by atoms with van der Waals surface area (Å²) in [5.41, 5.74) is 1.18. The summed E-state index contributed by atoms with van der Waals surface area (Å²) in [6.07, 6.45) is 2.64. The summed E-state index contributed by atoms with van der Waals surface area (Å²) in [5, 5.41) is 0. The molecule has 0 spiro atoms. The van der Waals surface area contributed by atoms with E-state index in [1.54, 1.807) is 7.11 Å². The number of hydrogen-bond donors (Lipinski definition) is 0. The van der Waals surface area contributed by atoms with Crippen LogP contribution in [0.4, 0.5) is 0 Å². The maximum atomic E-state index is 5.38. The Morgan fingerprint density at radius 2 is 1.62 bits per heavy atom. The fourth-order valence-electron chi connectivity index (χ4n) is 1.05. The van der Waals surface area contributed by atoms with E-state index in [4.69, 9.17) is 9.47 Å². The van der Waals surface area contributed by atoms with Gasteiger partial charge in [0, 0.05) is 0 Å². The molecule has 0 aliphatic rings. The third kappa shape index (κ3) is 5.64. The molecule has 0 saturated carbocycles. The van der Waals surface area contributed by atoms with Crippen molar-refractivity contribution in [2.45, 2.75) is 40.5 Å². The molecule has 0 aliphatic carbocycles. The molecule has 0 atom stereocenters. The average molecular weight is 224 g/mol. The summed E-state index contributed by atoms with van der Waals surface area (Å²) in [5.74, 6) is 1.61. The Morgan fingerprint density at radius 1 is 1.00 bits per heavy atom. The molecule has 0 radical (unpaired) electrons. The van der Waals surface area contributed by atoms with Gasteiger partial charge in [-0.05, 0) is 31.5 Å². The smallest absolute Gasteiger partial charge is 0.161 e. The van der Waals surface area contributed by atoms with Gasteiger partial charge < -0.3 is 9.47 Å². The highest BCUT2D eigenvalue weighted by molar-refractivity contribution is 5.42. The number of aryl methyl sites for hydroxylation is 1. The van der Waals surface area contributed by atoms with Crippen molar-refractivity contribution in [1.82, 2.24) is 0 Å². The first kappa shape index (κ1) is 14.8. The van der Waals surface area contributed by atoms with Crippen molar-refractivity contribution >= 4 is 0 Å². The Labute approximate surface area is 99.6 Å². The summed E-state index contributed by atoms with van der Waals surface area (Å²) < 4.78 is 10.5. The third-order valence-corrected chi connectivity index (χ3v) is 2.12. The number of methoxy groups -OCH3 is 1. The SMILES string of the molecule is CCCC.CCOc1cc(C)ccc1OC. The van der Waals surface area contributed by atoms with Gasteiger partial charge in [-0.3, -0.25) is 0 Å². The summed E-state index contributed by atoms with van der Waals surface area (Å²) in [4.78, 5) is 0. The van der Waals surface area contributed by atoms with E-state index < -0.39 is 0 Å². The van der Waals surface area contributed by atoms with Crippen LogP contribution >= 0.6 is 0 Å². The van der Waals surface area contributed by atoms with Crippen LogP contribution < -0.4 is 9.47 Å². The lowest BCUT2D eigenvalue weighted by molar-refractivity contribution is 0.310. The molecule has 2 nitrogen and oxygen atoms in total. The van der Waals surface area contributed by atoms with Gasteiger partial charge in [0.2, 0.25) is 0 Å². The average Bonchev–Trinajstić information content (AvgIpc) is 2.30. The highest BCUT2D eigenvalue weighted by Crippen LogP contribution is 2.27. The monoisotopic (exact) mass is 224 g/mol. The van der Waals surface area contributed by atoms with Gasteiger partial charge in [0.1, 0.15) is 0 Å². The molecule has 0 unspecified atom stereocenters. The first-order chi connectivity index (χ1) is 7.69. The lowest BCUT2D eigenvalue weighted by atomic mass is 10.2. The standard InChI is InChI=1S/C10H14O2.C4H10/c1-4-12-10-7-8(2)5-6-9(10)11-3;1-3-4-2/h5-7H,4H2,1-3H3;3-4H2,1-2H3. The molecule has 1 aromatic carbocycles. The van der Waals surface area contributed by atoms with Crippen molar-refractivity contribution in [3.8, 4) is 11.5 Å². The van der Waals surface area contributed by atoms with Crippen molar-refractivity contribution in [3.05, 3.63) is 23.8 Å². The second kappa shape index (κ2) is 9.08. The summed E-state index contributed by atoms with van der Waals surface area (Å²) in [6.45, 7) is 9.02. The fraction of sp³-hybridized carbons (Fsp3) is 0.571. The van der Waals surface area contributed by atoms with Crippen LogP contribution in [-0.2, 0) is 0 Å². The highest BCUT2D eigenvalue weighted by atomic mass is 16.5. The maximum Gasteiger partial charge on any atom is 0.161 e. The van der Waals surface area contributed by atoms with Gasteiger partial charge in [-0.15, -0.1) is 0 Å². The van der Waals surface area contributed by atoms with Crippen molar-refractivity contribution in [2.75, 3.05) is 13.7 Å². The van der Waals surface area contributed by atoms with E-state index in [-0.39, 0.29) is 0 Å². The van der Waals surface area contributed by atoms with Gasteiger partial charge in [-0.1, -0.05) is 32.8 Å². The quantitative estimate of drug-likeness (QED) is 0.762. The van der Waals surface area contributed by atoms with Crippen molar-refractivity contribution in [3.63, 3.8) is 0 Å². The summed E-state index contributed by atoms with van der Waals surface area (Å²) >= 11 is 0. The zero-order valence-electron chi connectivity index (χ0n) is 11.2. The molecule has 0 aliphatic heterocycles. The lowest BCUT2D eigenvalue weighted by Crippen LogP contribution is -1.95. The molecule has 2 heteroatoms. The van der Waals surface area contributed by atoms with Crippen LogP contribution in [0.1, 0.15) is 39.2 Å². The van der Waals surface area contributed by atoms with Gasteiger partial charge in [-0.2, -0.15) is 0 Å². The van der Waals surface area contributed by atoms with Crippen molar-refractivity contribution in [2.24, 2.45) is 0 Å². The van der Waals surface area contributed by atoms with Gasteiger partial charge >= 0.3 is 0 Å². The van der Waals surface area contributed by atoms with Crippen LogP contribution in [-0.4, -0.2) is 13.7 Å². The molecular weight excluding hydrogens is 200 g/mol. The third-order valence-electron chi connectivity index (χ3n) is 2.12. The Hall–Kier alpha value is -1.18. The molecule has 0 aromatic heterocycles. The van der Waals surface area contributed by atoms with E-state index in [2.05, 4.69) is 13.8 Å². The molecule has 0 heterocycles. The van der Waals surface area contributed by atoms with Crippen molar-refractivity contribution in [1.29, 1.82) is 0 Å². The van der Waals surface area contributed by atoms with E-state index in [1.165, 1.54) is 18.4 Å². The summed E-state index contributed by atoms with van der Waals surface area (Å²) in [7, 11) is 1.65. The maximum absolute atomic E-state index is 5.38. The zero-order valence-corrected chi connectivity index (χ0v) is 11.2. The first-order valence-corrected chi connectivity index (χ1v) is 5.96. The Balaban J connectivity index is 0.000000487. The largest absolute Gasteiger partial charge is 0.493 e. The van der Waals surface area contributed by atoms with E-state index in [0.29, 0.717) is 6.61 Å². The number of hydrogen-bond acceptors (Lipinski definition) is 2. The molecule has 1 rings (SSSR count). The Kier molecular flexibility index (Phi) is 8.41. The van der Waals surface area contributed by atoms with Gasteiger partial charge in [-0.25, -0.2) is 0 Å². The topological polar surface area (TPSA) is 18.5 Å². The molecule has 16 heavy (non-hydrogen) atoms. The number of ether oxygens (including phenoxy) is 2. The van der Waals surface area contributed by atoms with E-state index >= 15 is 0 Å². The predicted octanol–water partition coefficient (Wildman–Crippen LogP) is 4.21. The van der Waals surface area contributed by atoms with Crippen LogP contribution in [0.3, 0.4) is 0 Å². The number of benzene rings is 1.